The van der Waals surface area contributed by atoms with E-state index in [1.165, 1.54) is 10.9 Å². The van der Waals surface area contributed by atoms with E-state index in [0.29, 0.717) is 0 Å². The third-order valence-corrected chi connectivity index (χ3v) is 3.65. The second-order valence-corrected chi connectivity index (χ2v) is 27.4. The summed E-state index contributed by atoms with van der Waals surface area (Å²) >= 11 is 14.3. The van der Waals surface area contributed by atoms with Gasteiger partial charge >= 0.3 is 92.4 Å². The molecule has 0 unspecified atom stereocenters. The Kier molecular flexibility index (Phi) is 23.3. The molecule has 1 aliphatic rings. The molecule has 1 aliphatic heterocycles. The maximum absolute atomic E-state index is 4.13. The van der Waals surface area contributed by atoms with Crippen molar-refractivity contribution in [3.63, 3.8) is 0 Å². The molecule has 10 heteroatoms. The standard InChI is InChI=1S/C6H10N2S2.CH2.2BrH.2HI.Ni.V/c1-7-5-6(8-2)10-4-3-9-5;;;;;;;/h3-4H2,1-2H3;1H2;4*1H;;/q;;;;;;2*+2/p-4. The molecule has 1 saturated heterocycles. The summed E-state index contributed by atoms with van der Waals surface area (Å²) in [6.07, 6.45) is 0. The van der Waals surface area contributed by atoms with E-state index >= 15 is 0 Å². The SMILES string of the molecule is CN=C1SCCSC1=NC.[Br][Ni][Br].[CH2]=[V]([I])[I]. The molecular weight excluding hydrogens is 699 g/mol. The first-order chi connectivity index (χ1) is 8.03. The second kappa shape index (κ2) is 17.5. The molecule has 0 aromatic carbocycles. The van der Waals surface area contributed by atoms with Crippen LogP contribution in [0.15, 0.2) is 9.98 Å². The third-order valence-electron chi connectivity index (χ3n) is 1.15. The van der Waals surface area contributed by atoms with Gasteiger partial charge in [0.1, 0.15) is 10.1 Å². The molecule has 0 amide bonds. The van der Waals surface area contributed by atoms with E-state index < -0.39 is 7.89 Å². The van der Waals surface area contributed by atoms with Crippen LogP contribution in [-0.2, 0) is 18.8 Å². The Labute approximate surface area is 158 Å². The van der Waals surface area contributed by atoms with Crippen molar-refractivity contribution < 1.29 is 18.8 Å². The minimum atomic E-state index is -0.498. The van der Waals surface area contributed by atoms with Crippen molar-refractivity contribution >= 4 is 107 Å². The van der Waals surface area contributed by atoms with Crippen LogP contribution in [0.25, 0.3) is 0 Å². The van der Waals surface area contributed by atoms with E-state index in [2.05, 4.69) is 83.6 Å². The summed E-state index contributed by atoms with van der Waals surface area (Å²) in [5.41, 5.74) is 0. The molecule has 0 aliphatic carbocycles. The molecule has 0 radical (unpaired) electrons. The Bertz CT molecular complexity index is 259. The first-order valence-electron chi connectivity index (χ1n) is 3.97. The van der Waals surface area contributed by atoms with Crippen LogP contribution >= 0.6 is 91.9 Å². The first kappa shape index (κ1) is 22.7. The van der Waals surface area contributed by atoms with Crippen LogP contribution in [0.3, 0.4) is 0 Å². The molecule has 0 aromatic rings. The molecule has 0 bridgehead atoms. The predicted molar refractivity (Wildman–Crippen MR) is 105 cm³/mol. The predicted octanol–water partition coefficient (Wildman–Crippen LogP) is 4.95. The fourth-order valence-electron chi connectivity index (χ4n) is 0.721. The van der Waals surface area contributed by atoms with E-state index in [1.54, 1.807) is 23.5 Å². The van der Waals surface area contributed by atoms with Gasteiger partial charge < -0.3 is 0 Å². The van der Waals surface area contributed by atoms with Crippen molar-refractivity contribution in [2.45, 2.75) is 0 Å². The van der Waals surface area contributed by atoms with Gasteiger partial charge in [-0.3, -0.25) is 9.98 Å². The second-order valence-electron chi connectivity index (χ2n) is 2.10. The van der Waals surface area contributed by atoms with Crippen molar-refractivity contribution in [2.24, 2.45) is 9.98 Å². The average molecular weight is 712 g/mol. The molecule has 2 nitrogen and oxygen atoms in total. The van der Waals surface area contributed by atoms with Crippen molar-refractivity contribution in [1.82, 2.24) is 0 Å². The van der Waals surface area contributed by atoms with Gasteiger partial charge in [0.15, 0.2) is 0 Å². The van der Waals surface area contributed by atoms with E-state index in [0.717, 1.165) is 21.6 Å². The Hall–Kier alpha value is 3.41. The molecule has 1 heterocycles. The summed E-state index contributed by atoms with van der Waals surface area (Å²) < 4.78 is 0. The molecule has 0 aromatic heterocycles. The Morgan fingerprint density at radius 3 is 1.59 bits per heavy atom. The van der Waals surface area contributed by atoms with E-state index in [4.69, 9.17) is 0 Å². The first-order valence-corrected chi connectivity index (χ1v) is 20.8. The summed E-state index contributed by atoms with van der Waals surface area (Å²) in [4.78, 5) is 8.26. The van der Waals surface area contributed by atoms with Crippen molar-refractivity contribution in [3.8, 4) is 0 Å². The monoisotopic (exact) mass is 709 g/mol. The molecule has 105 valence electrons. The van der Waals surface area contributed by atoms with Gasteiger partial charge in [0.2, 0.25) is 0 Å². The van der Waals surface area contributed by atoms with Gasteiger partial charge in [-0.15, -0.1) is 23.5 Å². The van der Waals surface area contributed by atoms with Crippen LogP contribution in [0.1, 0.15) is 0 Å². The zero-order chi connectivity index (χ0) is 13.7. The number of hydrogen-bond acceptors (Lipinski definition) is 4. The van der Waals surface area contributed by atoms with Gasteiger partial charge in [0.25, 0.3) is 0 Å². The number of rotatable bonds is 0. The number of thioether (sulfide) groups is 2. The van der Waals surface area contributed by atoms with Gasteiger partial charge in [-0.1, -0.05) is 0 Å². The summed E-state index contributed by atoms with van der Waals surface area (Å²) in [7, 11) is 4.39. The van der Waals surface area contributed by atoms with E-state index in [1.807, 2.05) is 14.1 Å². The van der Waals surface area contributed by atoms with E-state index in [-0.39, 0.29) is 0 Å². The number of aliphatic imine (C=N–C) groups is 2. The Morgan fingerprint density at radius 2 is 1.41 bits per heavy atom. The Balaban J connectivity index is 0. The van der Waals surface area contributed by atoms with Gasteiger partial charge in [-0.25, -0.2) is 0 Å². The van der Waals surface area contributed by atoms with Crippen molar-refractivity contribution in [3.05, 3.63) is 0 Å². The minimum absolute atomic E-state index is 0.498. The summed E-state index contributed by atoms with van der Waals surface area (Å²) in [5, 5.41) is 5.95. The van der Waals surface area contributed by atoms with Crippen LogP contribution in [0.2, 0.25) is 0 Å². The molecule has 0 spiro atoms. The van der Waals surface area contributed by atoms with Crippen LogP contribution in [0.5, 0.6) is 0 Å². The average Bonchev–Trinajstić information content (AvgIpc) is 2.29. The van der Waals surface area contributed by atoms with Crippen molar-refractivity contribution in [2.75, 3.05) is 25.6 Å². The van der Waals surface area contributed by atoms with Gasteiger partial charge in [-0.05, 0) is 0 Å². The van der Waals surface area contributed by atoms with Gasteiger partial charge in [0.05, 0.1) is 0 Å². The normalized spacial score (nSPS) is 19.2. The third kappa shape index (κ3) is 17.4. The summed E-state index contributed by atoms with van der Waals surface area (Å²) in [6.45, 7) is 0. The molecule has 0 saturated carbocycles. The summed E-state index contributed by atoms with van der Waals surface area (Å²) in [5.74, 6) is 2.33. The zero-order valence-electron chi connectivity index (χ0n) is 9.11. The molecule has 0 N–H and O–H groups in total. The quantitative estimate of drug-likeness (QED) is 0.263. The number of hydrogen-bond donors (Lipinski definition) is 0. The van der Waals surface area contributed by atoms with Gasteiger partial charge in [-0.2, -0.15) is 0 Å². The van der Waals surface area contributed by atoms with Crippen LogP contribution < -0.4 is 0 Å². The van der Waals surface area contributed by atoms with Crippen molar-refractivity contribution in [1.29, 1.82) is 0 Å². The molecule has 0 atom stereocenters. The molecule has 17 heavy (non-hydrogen) atoms. The fourth-order valence-corrected chi connectivity index (χ4v) is 2.82. The zero-order valence-corrected chi connectivity index (χ0v) is 20.6. The van der Waals surface area contributed by atoms with Crippen LogP contribution in [0.4, 0.5) is 0 Å². The Morgan fingerprint density at radius 1 is 1.18 bits per heavy atom. The van der Waals surface area contributed by atoms with E-state index in [9.17, 15) is 0 Å². The molecule has 1 fully saturated rings. The maximum atomic E-state index is 4.13. The fraction of sp³-hybridized carbons (Fsp3) is 0.571. The topological polar surface area (TPSA) is 24.7 Å². The number of nitrogens with zero attached hydrogens (tertiary/aromatic N) is 2. The molecular formula is C7H12Br2I2N2NiS2V. The van der Waals surface area contributed by atoms with Crippen LogP contribution in [0, 0.1) is 0 Å². The van der Waals surface area contributed by atoms with Crippen LogP contribution in [-0.4, -0.2) is 40.9 Å². The number of halogens is 4. The van der Waals surface area contributed by atoms with Gasteiger partial charge in [0, 0.05) is 25.6 Å². The molecule has 1 rings (SSSR count). The summed E-state index contributed by atoms with van der Waals surface area (Å²) in [6, 6.07) is 0.